The molecule has 0 aliphatic heterocycles. The van der Waals surface area contributed by atoms with Crippen molar-refractivity contribution in [3.8, 4) is 0 Å². The molecule has 0 radical (unpaired) electrons. The van der Waals surface area contributed by atoms with Crippen molar-refractivity contribution < 1.29 is 28.6 Å². The van der Waals surface area contributed by atoms with E-state index < -0.39 is 6.10 Å². The first-order valence-electron chi connectivity index (χ1n) is 31.5. The number of carbonyl (C=O) groups is 3. The van der Waals surface area contributed by atoms with Gasteiger partial charge >= 0.3 is 17.9 Å². The standard InChI is InChI=1S/C65H120O6/c1-4-7-10-13-16-18-20-22-24-26-28-30-32-34-36-38-40-42-44-46-49-52-55-58-64(67)70-61-62(60-69-63(66)57-54-51-48-15-12-9-6-3)71-65(68)59-56-53-50-47-45-43-41-39-37-35-33-31-29-27-25-23-21-19-17-14-11-8-5-2/h20,22,26-29,62H,4-19,21,23-25,30-61H2,1-3H3/b22-20-,28-26-,29-27-. The fourth-order valence-corrected chi connectivity index (χ4v) is 9.35. The first-order valence-corrected chi connectivity index (χ1v) is 31.5. The number of ether oxygens (including phenoxy) is 3. The molecular formula is C65H120O6. The molecule has 0 saturated heterocycles. The van der Waals surface area contributed by atoms with E-state index >= 15 is 0 Å². The van der Waals surface area contributed by atoms with Gasteiger partial charge in [-0.25, -0.2) is 0 Å². The second kappa shape index (κ2) is 60.2. The molecule has 0 amide bonds. The van der Waals surface area contributed by atoms with Gasteiger partial charge in [0.2, 0.25) is 0 Å². The lowest BCUT2D eigenvalue weighted by atomic mass is 10.0. The Bertz CT molecular complexity index is 1190. The second-order valence-corrected chi connectivity index (χ2v) is 21.3. The van der Waals surface area contributed by atoms with Gasteiger partial charge in [-0.1, -0.05) is 282 Å². The van der Waals surface area contributed by atoms with Crippen molar-refractivity contribution in [2.24, 2.45) is 0 Å². The molecule has 0 aliphatic rings. The minimum absolute atomic E-state index is 0.0698. The molecule has 1 unspecified atom stereocenters. The van der Waals surface area contributed by atoms with Crippen molar-refractivity contribution in [3.05, 3.63) is 36.5 Å². The Balaban J connectivity index is 4.12. The van der Waals surface area contributed by atoms with E-state index in [9.17, 15) is 14.4 Å². The molecule has 0 bridgehead atoms. The van der Waals surface area contributed by atoms with Crippen LogP contribution in [0.5, 0.6) is 0 Å². The van der Waals surface area contributed by atoms with Crippen molar-refractivity contribution in [2.45, 2.75) is 348 Å². The summed E-state index contributed by atoms with van der Waals surface area (Å²) >= 11 is 0. The number of carbonyl (C=O) groups excluding carboxylic acids is 3. The van der Waals surface area contributed by atoms with Crippen LogP contribution in [-0.2, 0) is 28.6 Å². The van der Waals surface area contributed by atoms with Gasteiger partial charge in [0.1, 0.15) is 13.2 Å². The summed E-state index contributed by atoms with van der Waals surface area (Å²) in [5, 5.41) is 0. The summed E-state index contributed by atoms with van der Waals surface area (Å²) in [6, 6.07) is 0. The predicted molar refractivity (Wildman–Crippen MR) is 307 cm³/mol. The van der Waals surface area contributed by atoms with E-state index in [1.54, 1.807) is 0 Å². The van der Waals surface area contributed by atoms with Crippen LogP contribution in [0.25, 0.3) is 0 Å². The maximum atomic E-state index is 12.9. The Kier molecular flexibility index (Phi) is 58.2. The van der Waals surface area contributed by atoms with Crippen LogP contribution < -0.4 is 0 Å². The SMILES string of the molecule is CCCCCCC/C=C\C/C=C\CCCCCCCCCCCCCC(=O)OCC(COC(=O)CCCCCCCCC)OC(=O)CCCCCCCCCCCCC/C=C\CCCCCCCCCC. The van der Waals surface area contributed by atoms with Crippen LogP contribution in [0.4, 0.5) is 0 Å². The summed E-state index contributed by atoms with van der Waals surface area (Å²) < 4.78 is 16.8. The van der Waals surface area contributed by atoms with Crippen LogP contribution >= 0.6 is 0 Å². The van der Waals surface area contributed by atoms with Crippen LogP contribution in [0, 0.1) is 0 Å². The molecule has 0 spiro atoms. The summed E-state index contributed by atoms with van der Waals surface area (Å²) in [5.74, 6) is -0.860. The average molecular weight is 998 g/mol. The van der Waals surface area contributed by atoms with E-state index in [4.69, 9.17) is 14.2 Å². The molecule has 6 heteroatoms. The lowest BCUT2D eigenvalue weighted by Crippen LogP contribution is -2.30. The fourth-order valence-electron chi connectivity index (χ4n) is 9.35. The van der Waals surface area contributed by atoms with Crippen molar-refractivity contribution in [1.29, 1.82) is 0 Å². The van der Waals surface area contributed by atoms with Crippen molar-refractivity contribution in [1.82, 2.24) is 0 Å². The van der Waals surface area contributed by atoms with Crippen molar-refractivity contribution in [2.75, 3.05) is 13.2 Å². The Morgan fingerprint density at radius 2 is 0.507 bits per heavy atom. The van der Waals surface area contributed by atoms with E-state index in [0.29, 0.717) is 19.3 Å². The Hall–Kier alpha value is -2.37. The zero-order valence-corrected chi connectivity index (χ0v) is 47.8. The minimum Gasteiger partial charge on any atom is -0.462 e. The molecule has 0 saturated carbocycles. The van der Waals surface area contributed by atoms with Gasteiger partial charge in [0.05, 0.1) is 0 Å². The molecule has 0 fully saturated rings. The number of allylic oxidation sites excluding steroid dienone is 6. The fraction of sp³-hybridized carbons (Fsp3) is 0.862. The Morgan fingerprint density at radius 3 is 0.789 bits per heavy atom. The van der Waals surface area contributed by atoms with Gasteiger partial charge < -0.3 is 14.2 Å². The van der Waals surface area contributed by atoms with Gasteiger partial charge in [0.15, 0.2) is 6.10 Å². The van der Waals surface area contributed by atoms with E-state index in [0.717, 1.165) is 64.2 Å². The summed E-state index contributed by atoms with van der Waals surface area (Å²) in [5.41, 5.74) is 0. The third-order valence-corrected chi connectivity index (χ3v) is 14.1. The highest BCUT2D eigenvalue weighted by atomic mass is 16.6. The topological polar surface area (TPSA) is 78.9 Å². The van der Waals surface area contributed by atoms with Crippen LogP contribution in [0.15, 0.2) is 36.5 Å². The quantitative estimate of drug-likeness (QED) is 0.0261. The molecule has 0 aromatic carbocycles. The maximum absolute atomic E-state index is 12.9. The van der Waals surface area contributed by atoms with Gasteiger partial charge in [0, 0.05) is 19.3 Å². The summed E-state index contributed by atoms with van der Waals surface area (Å²) in [7, 11) is 0. The molecule has 0 heterocycles. The highest BCUT2D eigenvalue weighted by molar-refractivity contribution is 5.71. The normalized spacial score (nSPS) is 12.2. The first kappa shape index (κ1) is 68.6. The molecule has 0 aromatic heterocycles. The molecule has 0 N–H and O–H groups in total. The zero-order chi connectivity index (χ0) is 51.4. The number of hydrogen-bond donors (Lipinski definition) is 0. The number of unbranched alkanes of at least 4 members (excludes halogenated alkanes) is 41. The van der Waals surface area contributed by atoms with Crippen LogP contribution in [-0.4, -0.2) is 37.2 Å². The lowest BCUT2D eigenvalue weighted by Gasteiger charge is -2.18. The lowest BCUT2D eigenvalue weighted by molar-refractivity contribution is -0.167. The third kappa shape index (κ3) is 58.4. The number of hydrogen-bond acceptors (Lipinski definition) is 6. The largest absolute Gasteiger partial charge is 0.462 e. The van der Waals surface area contributed by atoms with Gasteiger partial charge in [-0.2, -0.15) is 0 Å². The van der Waals surface area contributed by atoms with Crippen LogP contribution in [0.1, 0.15) is 342 Å². The first-order chi connectivity index (χ1) is 35.0. The minimum atomic E-state index is -0.769. The van der Waals surface area contributed by atoms with Gasteiger partial charge in [-0.15, -0.1) is 0 Å². The molecule has 71 heavy (non-hydrogen) atoms. The highest BCUT2D eigenvalue weighted by Gasteiger charge is 2.19. The van der Waals surface area contributed by atoms with Crippen molar-refractivity contribution in [3.63, 3.8) is 0 Å². The van der Waals surface area contributed by atoms with E-state index in [1.165, 1.54) is 238 Å². The maximum Gasteiger partial charge on any atom is 0.306 e. The van der Waals surface area contributed by atoms with E-state index in [-0.39, 0.29) is 31.1 Å². The molecule has 0 aromatic rings. The second-order valence-electron chi connectivity index (χ2n) is 21.3. The van der Waals surface area contributed by atoms with Crippen LogP contribution in [0.2, 0.25) is 0 Å². The molecular weight excluding hydrogens is 877 g/mol. The summed E-state index contributed by atoms with van der Waals surface area (Å²) in [4.78, 5) is 38.0. The van der Waals surface area contributed by atoms with Gasteiger partial charge in [-0.3, -0.25) is 14.4 Å². The molecule has 0 rings (SSSR count). The predicted octanol–water partition coefficient (Wildman–Crippen LogP) is 21.2. The van der Waals surface area contributed by atoms with Crippen LogP contribution in [0.3, 0.4) is 0 Å². The number of rotatable bonds is 58. The Labute approximate surface area is 442 Å². The van der Waals surface area contributed by atoms with E-state index in [2.05, 4.69) is 57.2 Å². The number of esters is 3. The Morgan fingerprint density at radius 1 is 0.282 bits per heavy atom. The average Bonchev–Trinajstić information content (AvgIpc) is 3.37. The monoisotopic (exact) mass is 997 g/mol. The summed E-state index contributed by atoms with van der Waals surface area (Å²) in [6.45, 7) is 6.63. The molecule has 0 aliphatic carbocycles. The highest BCUT2D eigenvalue weighted by Crippen LogP contribution is 2.17. The van der Waals surface area contributed by atoms with Gasteiger partial charge in [-0.05, 0) is 77.0 Å². The molecule has 1 atom stereocenters. The zero-order valence-electron chi connectivity index (χ0n) is 47.8. The molecule has 416 valence electrons. The van der Waals surface area contributed by atoms with Gasteiger partial charge in [0.25, 0.3) is 0 Å². The van der Waals surface area contributed by atoms with Crippen molar-refractivity contribution >= 4 is 17.9 Å². The smallest absolute Gasteiger partial charge is 0.306 e. The summed E-state index contributed by atoms with van der Waals surface area (Å²) in [6.07, 6.45) is 73.2. The third-order valence-electron chi connectivity index (χ3n) is 14.1. The molecule has 6 nitrogen and oxygen atoms in total. The van der Waals surface area contributed by atoms with E-state index in [1.807, 2.05) is 0 Å².